The van der Waals surface area contributed by atoms with Gasteiger partial charge in [0.1, 0.15) is 18.2 Å². The molecule has 0 radical (unpaired) electrons. The molecule has 0 amide bonds. The average molecular weight is 296 g/mol. The lowest BCUT2D eigenvalue weighted by atomic mass is 10.2. The van der Waals surface area contributed by atoms with Gasteiger partial charge in [-0.15, -0.1) is 0 Å². The van der Waals surface area contributed by atoms with Gasteiger partial charge in [-0.3, -0.25) is 0 Å². The minimum atomic E-state index is -0.266. The monoisotopic (exact) mass is 295 g/mol. The summed E-state index contributed by atoms with van der Waals surface area (Å²) < 4.78 is 19.3. The summed E-state index contributed by atoms with van der Waals surface area (Å²) in [6, 6.07) is 11.6. The molecule has 4 heteroatoms. The molecule has 0 saturated carbocycles. The summed E-state index contributed by atoms with van der Waals surface area (Å²) in [7, 11) is 0. The molecule has 0 aliphatic carbocycles. The van der Waals surface area contributed by atoms with Crippen molar-refractivity contribution >= 4 is 21.6 Å². The molecule has 0 bridgehead atoms. The van der Waals surface area contributed by atoms with Gasteiger partial charge < -0.3 is 10.5 Å². The van der Waals surface area contributed by atoms with Gasteiger partial charge in [0.05, 0.1) is 4.47 Å². The van der Waals surface area contributed by atoms with Crippen LogP contribution >= 0.6 is 15.9 Å². The van der Waals surface area contributed by atoms with Gasteiger partial charge in [-0.25, -0.2) is 4.39 Å². The first-order chi connectivity index (χ1) is 8.15. The second-order valence-corrected chi connectivity index (χ2v) is 4.46. The zero-order valence-electron chi connectivity index (χ0n) is 8.99. The van der Waals surface area contributed by atoms with Crippen LogP contribution in [-0.4, -0.2) is 0 Å². The number of ether oxygens (including phenoxy) is 1. The quantitative estimate of drug-likeness (QED) is 0.875. The number of hydrogen-bond donors (Lipinski definition) is 1. The third-order valence-corrected chi connectivity index (χ3v) is 2.89. The van der Waals surface area contributed by atoms with E-state index in [1.165, 1.54) is 12.1 Å². The Balaban J connectivity index is 2.09. The summed E-state index contributed by atoms with van der Waals surface area (Å²) in [5.41, 5.74) is 7.06. The summed E-state index contributed by atoms with van der Waals surface area (Å²) in [6.07, 6.45) is 0. The summed E-state index contributed by atoms with van der Waals surface area (Å²) in [4.78, 5) is 0. The van der Waals surface area contributed by atoms with Crippen molar-refractivity contribution in [3.05, 3.63) is 58.3 Å². The fourth-order valence-corrected chi connectivity index (χ4v) is 1.78. The van der Waals surface area contributed by atoms with Gasteiger partial charge in [-0.05, 0) is 45.8 Å². The van der Waals surface area contributed by atoms with Gasteiger partial charge in [0.25, 0.3) is 0 Å². The number of rotatable bonds is 3. The Morgan fingerprint density at radius 2 is 2.00 bits per heavy atom. The Labute approximate surface area is 107 Å². The fourth-order valence-electron chi connectivity index (χ4n) is 1.42. The number of nitrogens with two attached hydrogens (primary N) is 1. The first kappa shape index (κ1) is 11.9. The molecule has 2 N–H and O–H groups in total. The predicted octanol–water partition coefficient (Wildman–Crippen LogP) is 3.75. The lowest BCUT2D eigenvalue weighted by Gasteiger charge is -2.09. The highest BCUT2D eigenvalue weighted by molar-refractivity contribution is 9.10. The molecular formula is C13H11BrFNO. The number of benzene rings is 2. The van der Waals surface area contributed by atoms with Crippen LogP contribution in [0, 0.1) is 5.82 Å². The number of halogens is 2. The largest absolute Gasteiger partial charge is 0.488 e. The maximum Gasteiger partial charge on any atom is 0.136 e. The Hall–Kier alpha value is -1.55. The predicted molar refractivity (Wildman–Crippen MR) is 69.3 cm³/mol. The van der Waals surface area contributed by atoms with Gasteiger partial charge in [0, 0.05) is 11.8 Å². The van der Waals surface area contributed by atoms with Crippen LogP contribution in [0.4, 0.5) is 10.1 Å². The lowest BCUT2D eigenvalue weighted by molar-refractivity contribution is 0.304. The van der Waals surface area contributed by atoms with Gasteiger partial charge in [-0.1, -0.05) is 12.1 Å². The molecule has 0 atom stereocenters. The molecule has 2 rings (SSSR count). The van der Waals surface area contributed by atoms with Crippen LogP contribution in [0.5, 0.6) is 5.75 Å². The van der Waals surface area contributed by atoms with Crippen molar-refractivity contribution < 1.29 is 9.13 Å². The van der Waals surface area contributed by atoms with Crippen molar-refractivity contribution in [2.45, 2.75) is 6.61 Å². The average Bonchev–Trinajstić information content (AvgIpc) is 2.30. The first-order valence-corrected chi connectivity index (χ1v) is 5.87. The molecule has 2 aromatic carbocycles. The van der Waals surface area contributed by atoms with E-state index in [0.29, 0.717) is 18.0 Å². The third-order valence-electron chi connectivity index (χ3n) is 2.24. The van der Waals surface area contributed by atoms with Crippen LogP contribution in [0.25, 0.3) is 0 Å². The normalized spacial score (nSPS) is 10.2. The van der Waals surface area contributed by atoms with E-state index in [-0.39, 0.29) is 5.82 Å². The van der Waals surface area contributed by atoms with Crippen molar-refractivity contribution in [3.63, 3.8) is 0 Å². The van der Waals surface area contributed by atoms with Gasteiger partial charge in [-0.2, -0.15) is 0 Å². The third kappa shape index (κ3) is 3.20. The highest BCUT2D eigenvalue weighted by atomic mass is 79.9. The standard InChI is InChI=1S/C13H11BrFNO/c14-12-5-4-11(16)7-13(12)17-8-9-2-1-3-10(15)6-9/h1-7H,8,16H2. The highest BCUT2D eigenvalue weighted by Gasteiger charge is 2.02. The second kappa shape index (κ2) is 5.19. The maximum atomic E-state index is 13.0. The zero-order chi connectivity index (χ0) is 12.3. The second-order valence-electron chi connectivity index (χ2n) is 3.61. The minimum absolute atomic E-state index is 0.266. The first-order valence-electron chi connectivity index (χ1n) is 5.07. The summed E-state index contributed by atoms with van der Waals surface area (Å²) in [5, 5.41) is 0. The highest BCUT2D eigenvalue weighted by Crippen LogP contribution is 2.27. The van der Waals surface area contributed by atoms with E-state index in [1.807, 2.05) is 12.1 Å². The van der Waals surface area contributed by atoms with E-state index >= 15 is 0 Å². The molecule has 0 aliphatic heterocycles. The van der Waals surface area contributed by atoms with Crippen LogP contribution in [0.15, 0.2) is 46.9 Å². The number of nitrogen functional groups attached to an aromatic ring is 1. The van der Waals surface area contributed by atoms with E-state index < -0.39 is 0 Å². The Bertz CT molecular complexity index is 531. The zero-order valence-corrected chi connectivity index (χ0v) is 10.6. The summed E-state index contributed by atoms with van der Waals surface area (Å²) in [5.74, 6) is 0.381. The Morgan fingerprint density at radius 1 is 1.18 bits per heavy atom. The van der Waals surface area contributed by atoms with Crippen molar-refractivity contribution in [1.29, 1.82) is 0 Å². The van der Waals surface area contributed by atoms with E-state index in [0.717, 1.165) is 10.0 Å². The molecule has 0 heterocycles. The van der Waals surface area contributed by atoms with Crippen LogP contribution in [-0.2, 0) is 6.61 Å². The fraction of sp³-hybridized carbons (Fsp3) is 0.0769. The molecule has 17 heavy (non-hydrogen) atoms. The van der Waals surface area contributed by atoms with E-state index in [1.54, 1.807) is 18.2 Å². The topological polar surface area (TPSA) is 35.2 Å². The lowest BCUT2D eigenvalue weighted by Crippen LogP contribution is -1.97. The molecular weight excluding hydrogens is 285 g/mol. The Kier molecular flexibility index (Phi) is 3.64. The smallest absolute Gasteiger partial charge is 0.136 e. The van der Waals surface area contributed by atoms with Gasteiger partial charge in [0.15, 0.2) is 0 Å². The molecule has 2 nitrogen and oxygen atoms in total. The molecule has 0 saturated heterocycles. The van der Waals surface area contributed by atoms with Gasteiger partial charge >= 0.3 is 0 Å². The molecule has 0 aromatic heterocycles. The summed E-state index contributed by atoms with van der Waals surface area (Å²) in [6.45, 7) is 0.305. The molecule has 0 spiro atoms. The van der Waals surface area contributed by atoms with Crippen LogP contribution < -0.4 is 10.5 Å². The van der Waals surface area contributed by atoms with E-state index in [4.69, 9.17) is 10.5 Å². The van der Waals surface area contributed by atoms with Crippen molar-refractivity contribution in [2.75, 3.05) is 5.73 Å². The summed E-state index contributed by atoms with van der Waals surface area (Å²) >= 11 is 3.36. The molecule has 0 fully saturated rings. The maximum absolute atomic E-state index is 13.0. The number of anilines is 1. The molecule has 88 valence electrons. The SMILES string of the molecule is Nc1ccc(Br)c(OCc2cccc(F)c2)c1. The Morgan fingerprint density at radius 3 is 2.76 bits per heavy atom. The van der Waals surface area contributed by atoms with Crippen LogP contribution in [0.1, 0.15) is 5.56 Å². The van der Waals surface area contributed by atoms with Crippen LogP contribution in [0.2, 0.25) is 0 Å². The molecule has 2 aromatic rings. The molecule has 0 aliphatic rings. The molecule has 0 unspecified atom stereocenters. The van der Waals surface area contributed by atoms with Crippen LogP contribution in [0.3, 0.4) is 0 Å². The van der Waals surface area contributed by atoms with Crippen molar-refractivity contribution in [1.82, 2.24) is 0 Å². The number of hydrogen-bond acceptors (Lipinski definition) is 2. The van der Waals surface area contributed by atoms with Crippen molar-refractivity contribution in [2.24, 2.45) is 0 Å². The van der Waals surface area contributed by atoms with E-state index in [2.05, 4.69) is 15.9 Å². The van der Waals surface area contributed by atoms with Gasteiger partial charge in [0.2, 0.25) is 0 Å². The van der Waals surface area contributed by atoms with Crippen molar-refractivity contribution in [3.8, 4) is 5.75 Å². The minimum Gasteiger partial charge on any atom is -0.488 e. The van der Waals surface area contributed by atoms with E-state index in [9.17, 15) is 4.39 Å².